The summed E-state index contributed by atoms with van der Waals surface area (Å²) < 4.78 is 20.7. The number of halogens is 1. The fraction of sp³-hybridized carbons (Fsp3) is 0.429. The van der Waals surface area contributed by atoms with Gasteiger partial charge in [0.05, 0.1) is 13.7 Å². The summed E-state index contributed by atoms with van der Waals surface area (Å²) in [7, 11) is 1.60. The average Bonchev–Trinajstić information content (AvgIpc) is 2.79. The van der Waals surface area contributed by atoms with Crippen LogP contribution in [0.15, 0.2) is 18.2 Å². The molecule has 5 nitrogen and oxygen atoms in total. The van der Waals surface area contributed by atoms with Gasteiger partial charge in [0, 0.05) is 17.4 Å². The van der Waals surface area contributed by atoms with Gasteiger partial charge in [0.1, 0.15) is 17.4 Å². The van der Waals surface area contributed by atoms with Crippen LogP contribution in [0.3, 0.4) is 0 Å². The van der Waals surface area contributed by atoms with Gasteiger partial charge in [0.25, 0.3) is 0 Å². The first kappa shape index (κ1) is 12.9. The fourth-order valence-corrected chi connectivity index (χ4v) is 2.94. The van der Waals surface area contributed by atoms with Crippen LogP contribution in [0.5, 0.6) is 5.75 Å². The highest BCUT2D eigenvalue weighted by Crippen LogP contribution is 2.39. The van der Waals surface area contributed by atoms with E-state index in [4.69, 9.17) is 10.5 Å². The Kier molecular flexibility index (Phi) is 3.08. The molecule has 1 aromatic heterocycles. The number of fused-ring (bicyclic) bond motifs is 1. The van der Waals surface area contributed by atoms with Gasteiger partial charge in [-0.05, 0) is 24.6 Å². The molecule has 0 amide bonds. The van der Waals surface area contributed by atoms with E-state index in [-0.39, 0.29) is 17.7 Å². The first-order chi connectivity index (χ1) is 9.58. The standard InChI is InChI=1S/C14H17FN4O/c1-8-5-9(7-19-13(8)17-14(16)18-19)11-6-10(15)3-4-12(11)20-2/h3-4,6,8-9H,5,7H2,1-2H3,(H2,16,18). The number of benzene rings is 1. The summed E-state index contributed by atoms with van der Waals surface area (Å²) in [5, 5.41) is 4.20. The molecular weight excluding hydrogens is 259 g/mol. The van der Waals surface area contributed by atoms with E-state index >= 15 is 0 Å². The lowest BCUT2D eigenvalue weighted by molar-refractivity contribution is 0.359. The van der Waals surface area contributed by atoms with E-state index in [1.807, 2.05) is 4.68 Å². The summed E-state index contributed by atoms with van der Waals surface area (Å²) in [5.74, 6) is 2.01. The first-order valence-electron chi connectivity index (χ1n) is 6.62. The van der Waals surface area contributed by atoms with E-state index in [2.05, 4.69) is 17.0 Å². The molecule has 0 fully saturated rings. The van der Waals surface area contributed by atoms with Gasteiger partial charge < -0.3 is 10.5 Å². The van der Waals surface area contributed by atoms with Crippen LogP contribution in [0.4, 0.5) is 10.3 Å². The molecule has 20 heavy (non-hydrogen) atoms. The third-order valence-corrected chi connectivity index (χ3v) is 3.82. The summed E-state index contributed by atoms with van der Waals surface area (Å²) in [4.78, 5) is 4.24. The third kappa shape index (κ3) is 2.11. The summed E-state index contributed by atoms with van der Waals surface area (Å²) in [6.07, 6.45) is 0.873. The Morgan fingerprint density at radius 2 is 2.25 bits per heavy atom. The lowest BCUT2D eigenvalue weighted by Gasteiger charge is -2.28. The SMILES string of the molecule is COc1ccc(F)cc1C1CC(C)c2nc(N)nn2C1. The van der Waals surface area contributed by atoms with Gasteiger partial charge in [-0.3, -0.25) is 0 Å². The zero-order valence-corrected chi connectivity index (χ0v) is 11.5. The number of anilines is 1. The second-order valence-electron chi connectivity index (χ2n) is 5.23. The molecule has 2 heterocycles. The number of hydrogen-bond acceptors (Lipinski definition) is 4. The summed E-state index contributed by atoms with van der Waals surface area (Å²) in [5.41, 5.74) is 6.53. The van der Waals surface area contributed by atoms with Gasteiger partial charge in [-0.15, -0.1) is 5.10 Å². The van der Waals surface area contributed by atoms with Crippen LogP contribution in [0, 0.1) is 5.82 Å². The second kappa shape index (κ2) is 4.77. The van der Waals surface area contributed by atoms with Crippen LogP contribution < -0.4 is 10.5 Å². The van der Waals surface area contributed by atoms with E-state index in [1.165, 1.54) is 6.07 Å². The van der Waals surface area contributed by atoms with Crippen LogP contribution in [0.25, 0.3) is 0 Å². The molecule has 3 rings (SSSR count). The second-order valence-corrected chi connectivity index (χ2v) is 5.23. The number of rotatable bonds is 2. The molecule has 2 aromatic rings. The lowest BCUT2D eigenvalue weighted by atomic mass is 9.86. The van der Waals surface area contributed by atoms with E-state index in [1.54, 1.807) is 19.2 Å². The van der Waals surface area contributed by atoms with Crippen molar-refractivity contribution in [3.63, 3.8) is 0 Å². The zero-order chi connectivity index (χ0) is 14.3. The van der Waals surface area contributed by atoms with E-state index < -0.39 is 0 Å². The lowest BCUT2D eigenvalue weighted by Crippen LogP contribution is -2.23. The van der Waals surface area contributed by atoms with Gasteiger partial charge in [-0.25, -0.2) is 9.07 Å². The number of aromatic nitrogens is 3. The van der Waals surface area contributed by atoms with Crippen molar-refractivity contribution in [1.29, 1.82) is 0 Å². The minimum absolute atomic E-state index is 0.143. The van der Waals surface area contributed by atoms with Crippen molar-refractivity contribution >= 4 is 5.95 Å². The maximum atomic E-state index is 13.5. The number of hydrogen-bond donors (Lipinski definition) is 1. The van der Waals surface area contributed by atoms with Gasteiger partial charge in [-0.1, -0.05) is 6.92 Å². The third-order valence-electron chi connectivity index (χ3n) is 3.82. The molecule has 2 atom stereocenters. The first-order valence-corrected chi connectivity index (χ1v) is 6.62. The molecule has 0 saturated carbocycles. The highest BCUT2D eigenvalue weighted by atomic mass is 19.1. The normalized spacial score (nSPS) is 21.6. The van der Waals surface area contributed by atoms with Crippen molar-refractivity contribution in [2.24, 2.45) is 0 Å². The zero-order valence-electron chi connectivity index (χ0n) is 11.5. The molecule has 0 spiro atoms. The molecule has 1 aromatic carbocycles. The predicted molar refractivity (Wildman–Crippen MR) is 73.2 cm³/mol. The maximum Gasteiger partial charge on any atom is 0.239 e. The molecule has 106 valence electrons. The Morgan fingerprint density at radius 3 is 3.00 bits per heavy atom. The van der Waals surface area contributed by atoms with Crippen molar-refractivity contribution in [3.8, 4) is 5.75 Å². The summed E-state index contributed by atoms with van der Waals surface area (Å²) >= 11 is 0. The highest BCUT2D eigenvalue weighted by Gasteiger charge is 2.29. The van der Waals surface area contributed by atoms with Gasteiger partial charge in [0.15, 0.2) is 0 Å². The Balaban J connectivity index is 1.99. The molecule has 2 unspecified atom stereocenters. The fourth-order valence-electron chi connectivity index (χ4n) is 2.94. The van der Waals surface area contributed by atoms with E-state index in [9.17, 15) is 4.39 Å². The summed E-state index contributed by atoms with van der Waals surface area (Å²) in [6.45, 7) is 2.72. The van der Waals surface area contributed by atoms with Crippen molar-refractivity contribution in [1.82, 2.24) is 14.8 Å². The smallest absolute Gasteiger partial charge is 0.239 e. The topological polar surface area (TPSA) is 66.0 Å². The average molecular weight is 276 g/mol. The molecule has 2 N–H and O–H groups in total. The number of nitrogens with zero attached hydrogens (tertiary/aromatic N) is 3. The monoisotopic (exact) mass is 276 g/mol. The predicted octanol–water partition coefficient (Wildman–Crippen LogP) is 2.30. The van der Waals surface area contributed by atoms with Crippen molar-refractivity contribution < 1.29 is 9.13 Å². The summed E-state index contributed by atoms with van der Waals surface area (Å²) in [6, 6.07) is 4.62. The van der Waals surface area contributed by atoms with Crippen molar-refractivity contribution in [3.05, 3.63) is 35.4 Å². The highest BCUT2D eigenvalue weighted by molar-refractivity contribution is 5.37. The molecule has 0 aliphatic carbocycles. The Labute approximate surface area is 116 Å². The minimum atomic E-state index is -0.252. The van der Waals surface area contributed by atoms with Crippen molar-refractivity contribution in [2.45, 2.75) is 31.7 Å². The minimum Gasteiger partial charge on any atom is -0.496 e. The molecule has 1 aliphatic rings. The number of nitrogens with two attached hydrogens (primary N) is 1. The van der Waals surface area contributed by atoms with E-state index in [0.717, 1.165) is 17.8 Å². The van der Waals surface area contributed by atoms with Crippen LogP contribution in [0.1, 0.15) is 36.6 Å². The molecular formula is C14H17FN4O. The molecule has 0 saturated heterocycles. The molecule has 0 bridgehead atoms. The molecule has 6 heteroatoms. The molecule has 0 radical (unpaired) electrons. The van der Waals surface area contributed by atoms with Gasteiger partial charge >= 0.3 is 0 Å². The number of ether oxygens (including phenoxy) is 1. The van der Waals surface area contributed by atoms with E-state index in [0.29, 0.717) is 18.2 Å². The number of methoxy groups -OCH3 is 1. The Bertz CT molecular complexity index is 640. The van der Waals surface area contributed by atoms with Crippen LogP contribution >= 0.6 is 0 Å². The van der Waals surface area contributed by atoms with Crippen LogP contribution in [0.2, 0.25) is 0 Å². The van der Waals surface area contributed by atoms with Crippen LogP contribution in [-0.2, 0) is 6.54 Å². The largest absolute Gasteiger partial charge is 0.496 e. The Morgan fingerprint density at radius 1 is 1.45 bits per heavy atom. The van der Waals surface area contributed by atoms with Gasteiger partial charge in [0.2, 0.25) is 5.95 Å². The quantitative estimate of drug-likeness (QED) is 0.914. The maximum absolute atomic E-state index is 13.5. The number of nitrogen functional groups attached to an aromatic ring is 1. The Hall–Kier alpha value is -2.11. The molecule has 1 aliphatic heterocycles. The van der Waals surface area contributed by atoms with Crippen LogP contribution in [-0.4, -0.2) is 21.9 Å². The van der Waals surface area contributed by atoms with Crippen molar-refractivity contribution in [2.75, 3.05) is 12.8 Å². The van der Waals surface area contributed by atoms with Gasteiger partial charge in [-0.2, -0.15) is 4.98 Å².